The summed E-state index contributed by atoms with van der Waals surface area (Å²) in [7, 11) is 0. The Balaban J connectivity index is 1.15. The van der Waals surface area contributed by atoms with E-state index in [1.165, 1.54) is 29.1 Å². The highest BCUT2D eigenvalue weighted by Gasteiger charge is 2.39. The molecule has 2 fully saturated rings. The predicted molar refractivity (Wildman–Crippen MR) is 150 cm³/mol. The van der Waals surface area contributed by atoms with E-state index in [0.29, 0.717) is 31.7 Å². The van der Waals surface area contributed by atoms with Crippen molar-refractivity contribution in [3.05, 3.63) is 59.3 Å². The fraction of sp³-hybridized carbons (Fsp3) is 0.333. The second-order valence-electron chi connectivity index (χ2n) is 10.4. The molecular formula is C27H24ClF3N10O3. The van der Waals surface area contributed by atoms with E-state index in [1.54, 1.807) is 23.1 Å². The molecular weight excluding hydrogens is 605 g/mol. The molecule has 44 heavy (non-hydrogen) atoms. The van der Waals surface area contributed by atoms with E-state index in [1.807, 2.05) is 0 Å². The Morgan fingerprint density at radius 2 is 2.05 bits per heavy atom. The summed E-state index contributed by atoms with van der Waals surface area (Å²) in [6, 6.07) is 5.79. The quantitative estimate of drug-likeness (QED) is 0.240. The number of β-amino-alcohol motifs (C(OH)–C–C–N with tert-alkyl or cyclic N) is 1. The highest BCUT2D eigenvalue weighted by Crippen LogP contribution is 2.37. The number of fused-ring (bicyclic) bond motifs is 1. The molecule has 0 saturated carbocycles. The number of nitrogens with one attached hydrogen (secondary N) is 3. The van der Waals surface area contributed by atoms with Crippen molar-refractivity contribution in [1.82, 2.24) is 39.7 Å². The number of aromatic nitrogens is 5. The number of nitrogens with zero attached hydrogens (tertiary/aromatic N) is 7. The van der Waals surface area contributed by atoms with E-state index in [-0.39, 0.29) is 57.7 Å². The number of halogens is 4. The van der Waals surface area contributed by atoms with Gasteiger partial charge in [-0.05, 0) is 24.6 Å². The van der Waals surface area contributed by atoms with Gasteiger partial charge in [0.15, 0.2) is 17.2 Å². The maximum absolute atomic E-state index is 13.7. The molecule has 0 spiro atoms. The third-order valence-electron chi connectivity index (χ3n) is 7.37. The van der Waals surface area contributed by atoms with Crippen molar-refractivity contribution < 1.29 is 27.9 Å². The second kappa shape index (κ2) is 11.4. The number of hydrogen-bond acceptors (Lipinski definition) is 9. The van der Waals surface area contributed by atoms with Crippen molar-refractivity contribution >= 4 is 40.6 Å². The van der Waals surface area contributed by atoms with Crippen LogP contribution in [0, 0.1) is 11.3 Å². The largest absolute Gasteiger partial charge is 0.435 e. The lowest BCUT2D eigenvalue weighted by Gasteiger charge is -2.40. The zero-order chi connectivity index (χ0) is 31.2. The van der Waals surface area contributed by atoms with Crippen molar-refractivity contribution in [3.63, 3.8) is 0 Å². The van der Waals surface area contributed by atoms with Gasteiger partial charge in [-0.15, -0.1) is 0 Å². The van der Waals surface area contributed by atoms with Crippen LogP contribution < -0.4 is 16.0 Å². The van der Waals surface area contributed by atoms with Crippen LogP contribution in [0.3, 0.4) is 0 Å². The van der Waals surface area contributed by atoms with Crippen molar-refractivity contribution in [1.29, 1.82) is 5.26 Å². The molecule has 17 heteroatoms. The van der Waals surface area contributed by atoms with Gasteiger partial charge in [-0.25, -0.2) is 9.97 Å². The molecule has 2 aliphatic heterocycles. The number of rotatable bonds is 7. The molecule has 0 aliphatic carbocycles. The van der Waals surface area contributed by atoms with Crippen molar-refractivity contribution in [2.45, 2.75) is 37.3 Å². The third-order valence-corrected chi connectivity index (χ3v) is 7.68. The summed E-state index contributed by atoms with van der Waals surface area (Å²) >= 11 is 6.46. The first kappa shape index (κ1) is 29.4. The predicted octanol–water partition coefficient (Wildman–Crippen LogP) is 2.20. The second-order valence-corrected chi connectivity index (χ2v) is 10.9. The number of amides is 2. The fourth-order valence-electron chi connectivity index (χ4n) is 5.21. The number of nitriles is 1. The van der Waals surface area contributed by atoms with E-state index in [9.17, 15) is 27.9 Å². The van der Waals surface area contributed by atoms with Gasteiger partial charge in [0.2, 0.25) is 5.91 Å². The third kappa shape index (κ3) is 5.64. The van der Waals surface area contributed by atoms with Crippen LogP contribution in [0.2, 0.25) is 5.02 Å². The van der Waals surface area contributed by atoms with Gasteiger partial charge in [0, 0.05) is 43.9 Å². The van der Waals surface area contributed by atoms with Crippen LogP contribution in [0.4, 0.5) is 24.7 Å². The molecule has 2 atom stereocenters. The first-order valence-corrected chi connectivity index (χ1v) is 13.8. The van der Waals surface area contributed by atoms with Gasteiger partial charge in [-0.3, -0.25) is 18.7 Å². The van der Waals surface area contributed by atoms with Crippen molar-refractivity contribution in [3.8, 4) is 17.3 Å². The molecule has 2 aliphatic rings. The molecule has 0 radical (unpaired) electrons. The van der Waals surface area contributed by atoms with Gasteiger partial charge in [-0.1, -0.05) is 11.6 Å². The summed E-state index contributed by atoms with van der Waals surface area (Å²) in [6.07, 6.45) is 0.279. The lowest BCUT2D eigenvalue weighted by Crippen LogP contribution is -2.62. The minimum absolute atomic E-state index is 0.0991. The minimum atomic E-state index is -4.76. The van der Waals surface area contributed by atoms with E-state index in [0.717, 1.165) is 10.9 Å². The Bertz CT molecular complexity index is 1790. The van der Waals surface area contributed by atoms with E-state index >= 15 is 0 Å². The fourth-order valence-corrected chi connectivity index (χ4v) is 5.47. The number of alkyl halides is 3. The zero-order valence-electron chi connectivity index (χ0n) is 22.7. The average molecular weight is 629 g/mol. The smallest absolute Gasteiger partial charge is 0.392 e. The maximum Gasteiger partial charge on any atom is 0.435 e. The number of imidazole rings is 1. The summed E-state index contributed by atoms with van der Waals surface area (Å²) in [5, 5.41) is 31.1. The Labute approximate surface area is 252 Å². The van der Waals surface area contributed by atoms with Gasteiger partial charge in [-0.2, -0.15) is 23.5 Å². The average Bonchev–Trinajstić information content (AvgIpc) is 3.69. The van der Waals surface area contributed by atoms with Crippen molar-refractivity contribution in [2.75, 3.05) is 25.0 Å². The van der Waals surface area contributed by atoms with Crippen LogP contribution in [0.25, 0.3) is 16.9 Å². The SMILES string of the molecule is N#CCn1cc(-c2cnc3c(Nc4ccc(C(=O)N5CC(NC(=O)C6CC(O)CN6)C5)c(Cl)c4)nccn23)c(C(F)(F)F)n1. The molecule has 0 bridgehead atoms. The number of carbonyl (C=O) groups excluding carboxylic acids is 2. The number of aliphatic hydroxyl groups is 1. The summed E-state index contributed by atoms with van der Waals surface area (Å²) in [5.41, 5.74) is -0.363. The lowest BCUT2D eigenvalue weighted by atomic mass is 10.1. The van der Waals surface area contributed by atoms with Crippen LogP contribution in [-0.4, -0.2) is 83.8 Å². The lowest BCUT2D eigenvalue weighted by molar-refractivity contribution is -0.141. The number of hydrogen-bond donors (Lipinski definition) is 4. The van der Waals surface area contributed by atoms with E-state index in [4.69, 9.17) is 16.9 Å². The summed E-state index contributed by atoms with van der Waals surface area (Å²) in [6.45, 7) is 0.641. The zero-order valence-corrected chi connectivity index (χ0v) is 23.5. The molecule has 228 valence electrons. The molecule has 3 aromatic heterocycles. The number of aliphatic hydroxyl groups excluding tert-OH is 1. The summed E-state index contributed by atoms with van der Waals surface area (Å²) in [4.78, 5) is 35.4. The Morgan fingerprint density at radius 1 is 1.25 bits per heavy atom. The van der Waals surface area contributed by atoms with Crippen LogP contribution >= 0.6 is 11.6 Å². The first-order chi connectivity index (χ1) is 21.0. The van der Waals surface area contributed by atoms with Gasteiger partial charge >= 0.3 is 6.18 Å². The van der Waals surface area contributed by atoms with Crippen LogP contribution in [0.5, 0.6) is 0 Å². The van der Waals surface area contributed by atoms with Gasteiger partial charge in [0.05, 0.1) is 52.3 Å². The highest BCUT2D eigenvalue weighted by atomic mass is 35.5. The molecule has 6 rings (SSSR count). The number of benzene rings is 1. The number of carbonyl (C=O) groups is 2. The van der Waals surface area contributed by atoms with Crippen molar-refractivity contribution in [2.24, 2.45) is 0 Å². The number of anilines is 2. The Morgan fingerprint density at radius 3 is 2.73 bits per heavy atom. The molecule has 2 amide bonds. The highest BCUT2D eigenvalue weighted by molar-refractivity contribution is 6.34. The summed E-state index contributed by atoms with van der Waals surface area (Å²) < 4.78 is 43.5. The summed E-state index contributed by atoms with van der Waals surface area (Å²) in [5.74, 6) is -0.301. The molecule has 4 aromatic rings. The van der Waals surface area contributed by atoms with Crippen LogP contribution in [0.1, 0.15) is 22.5 Å². The molecule has 1 aromatic carbocycles. The number of likely N-dealkylation sites (tertiary alicyclic amines) is 1. The Kier molecular flexibility index (Phi) is 7.61. The normalized spacial score (nSPS) is 18.7. The van der Waals surface area contributed by atoms with Crippen LogP contribution in [0.15, 0.2) is 43.0 Å². The Hall–Kier alpha value is -4.72. The van der Waals surface area contributed by atoms with E-state index < -0.39 is 24.0 Å². The molecule has 5 heterocycles. The minimum Gasteiger partial charge on any atom is -0.392 e. The molecule has 2 unspecified atom stereocenters. The van der Waals surface area contributed by atoms with Crippen LogP contribution in [-0.2, 0) is 17.5 Å². The van der Waals surface area contributed by atoms with Gasteiger partial charge in [0.1, 0.15) is 6.54 Å². The molecule has 13 nitrogen and oxygen atoms in total. The van der Waals surface area contributed by atoms with Gasteiger partial charge < -0.3 is 26.0 Å². The monoisotopic (exact) mass is 628 g/mol. The standard InChI is InChI=1S/C27H24ClF3N10O3/c28-19-7-14(1-2-17(19)26(44)39-11-15(12-39)37-25(43)20-8-16(42)9-34-20)36-23-24-35-10-21(41(24)6-4-33-23)18-13-40(5-3-32)38-22(18)27(29,30)31/h1-2,4,6-7,10,13,15-16,20,34,42H,5,8-9,11-12H2,(H,33,36)(H,37,43). The topological polar surface area (TPSA) is 166 Å². The van der Waals surface area contributed by atoms with Gasteiger partial charge in [0.25, 0.3) is 5.91 Å². The van der Waals surface area contributed by atoms with E-state index in [2.05, 4.69) is 31.0 Å². The molecule has 4 N–H and O–H groups in total. The maximum atomic E-state index is 13.7. The molecule has 2 saturated heterocycles. The first-order valence-electron chi connectivity index (χ1n) is 13.4.